The summed E-state index contributed by atoms with van der Waals surface area (Å²) in [6.07, 6.45) is 0.932. The van der Waals surface area contributed by atoms with Crippen molar-refractivity contribution in [3.05, 3.63) is 64.7 Å². The second-order valence-corrected chi connectivity index (χ2v) is 9.64. The maximum Gasteiger partial charge on any atom is 0.240 e. The lowest BCUT2D eigenvalue weighted by atomic mass is 9.78. The molecule has 4 heteroatoms. The molecular formula is C25H34N2O2. The lowest BCUT2D eigenvalue weighted by Crippen LogP contribution is -2.20. The van der Waals surface area contributed by atoms with Crippen molar-refractivity contribution in [3.63, 3.8) is 0 Å². The van der Waals surface area contributed by atoms with Crippen molar-refractivity contribution in [1.82, 2.24) is 5.43 Å². The Bertz CT molecular complexity index is 850. The Balaban J connectivity index is 2.14. The number of carbonyl (C=O) groups excluding carboxylic acids is 1. The highest BCUT2D eigenvalue weighted by molar-refractivity contribution is 5.99. The Morgan fingerprint density at radius 3 is 1.97 bits per heavy atom. The number of phenols is 1. The molecule has 1 amide bonds. The average Bonchev–Trinajstić information content (AvgIpc) is 2.64. The first-order valence-electron chi connectivity index (χ1n) is 10.1. The number of aryl methyl sites for hydroxylation is 1. The lowest BCUT2D eigenvalue weighted by molar-refractivity contribution is -0.121. The number of hydrazone groups is 1. The summed E-state index contributed by atoms with van der Waals surface area (Å²) in [7, 11) is 0. The van der Waals surface area contributed by atoms with Crippen molar-refractivity contribution < 1.29 is 9.90 Å². The molecule has 0 aliphatic carbocycles. The summed E-state index contributed by atoms with van der Waals surface area (Å²) in [5, 5.41) is 15.0. The number of phenolic OH excluding ortho intramolecular Hbond substituents is 1. The van der Waals surface area contributed by atoms with Gasteiger partial charge >= 0.3 is 0 Å². The van der Waals surface area contributed by atoms with Gasteiger partial charge in [0.25, 0.3) is 0 Å². The van der Waals surface area contributed by atoms with Crippen LogP contribution in [0.2, 0.25) is 0 Å². The minimum Gasteiger partial charge on any atom is -0.507 e. The number of amides is 1. The molecule has 29 heavy (non-hydrogen) atoms. The highest BCUT2D eigenvalue weighted by Crippen LogP contribution is 2.39. The Labute approximate surface area is 175 Å². The number of nitrogens with zero attached hydrogens (tertiary/aromatic N) is 1. The first-order valence-corrected chi connectivity index (χ1v) is 10.1. The molecule has 0 aliphatic rings. The van der Waals surface area contributed by atoms with E-state index in [0.29, 0.717) is 18.6 Å². The third-order valence-corrected chi connectivity index (χ3v) is 4.97. The summed E-state index contributed by atoms with van der Waals surface area (Å²) in [4.78, 5) is 12.3. The topological polar surface area (TPSA) is 61.7 Å². The van der Waals surface area contributed by atoms with E-state index in [1.165, 1.54) is 0 Å². The standard InChI is InChI=1S/C25H34N2O2/c1-17(19-11-9-8-10-12-19)26-27-22(28)14-13-18-15-20(24(2,3)4)23(29)21(16-18)25(5,6)7/h8-12,15-16,29H,13-14H2,1-7H3,(H,27,28)/b26-17-. The van der Waals surface area contributed by atoms with Gasteiger partial charge in [-0.05, 0) is 46.4 Å². The molecule has 0 bridgehead atoms. The molecule has 0 unspecified atom stereocenters. The maximum absolute atomic E-state index is 12.3. The van der Waals surface area contributed by atoms with Crippen molar-refractivity contribution in [3.8, 4) is 5.75 Å². The van der Waals surface area contributed by atoms with Crippen molar-refractivity contribution in [2.45, 2.75) is 72.1 Å². The van der Waals surface area contributed by atoms with Gasteiger partial charge in [-0.25, -0.2) is 5.43 Å². The van der Waals surface area contributed by atoms with E-state index < -0.39 is 0 Å². The van der Waals surface area contributed by atoms with Crippen LogP contribution in [0.25, 0.3) is 0 Å². The van der Waals surface area contributed by atoms with Crippen molar-refractivity contribution in [1.29, 1.82) is 0 Å². The fraction of sp³-hybridized carbons (Fsp3) is 0.440. The van der Waals surface area contributed by atoms with Crippen LogP contribution in [-0.4, -0.2) is 16.7 Å². The Hall–Kier alpha value is -2.62. The number of hydrogen-bond acceptors (Lipinski definition) is 3. The minimum atomic E-state index is -0.181. The molecule has 2 aromatic rings. The number of hydrogen-bond donors (Lipinski definition) is 2. The summed E-state index contributed by atoms with van der Waals surface area (Å²) < 4.78 is 0. The van der Waals surface area contributed by atoms with E-state index in [-0.39, 0.29) is 16.7 Å². The van der Waals surface area contributed by atoms with Crippen LogP contribution in [0.4, 0.5) is 0 Å². The van der Waals surface area contributed by atoms with Crippen LogP contribution >= 0.6 is 0 Å². The molecule has 2 aromatic carbocycles. The summed E-state index contributed by atoms with van der Waals surface area (Å²) in [5.41, 5.74) is 6.93. The van der Waals surface area contributed by atoms with Gasteiger partial charge in [0.1, 0.15) is 5.75 Å². The number of aromatic hydroxyl groups is 1. The van der Waals surface area contributed by atoms with Crippen LogP contribution < -0.4 is 5.43 Å². The number of carbonyl (C=O) groups is 1. The van der Waals surface area contributed by atoms with Crippen LogP contribution in [0.15, 0.2) is 47.6 Å². The third kappa shape index (κ3) is 6.18. The van der Waals surface area contributed by atoms with Gasteiger partial charge in [-0.3, -0.25) is 4.79 Å². The molecule has 156 valence electrons. The van der Waals surface area contributed by atoms with E-state index in [9.17, 15) is 9.90 Å². The van der Waals surface area contributed by atoms with Crippen molar-refractivity contribution in [2.24, 2.45) is 5.10 Å². The number of rotatable bonds is 5. The van der Waals surface area contributed by atoms with Crippen LogP contribution in [0.1, 0.15) is 77.1 Å². The number of benzene rings is 2. The van der Waals surface area contributed by atoms with Crippen LogP contribution in [0.3, 0.4) is 0 Å². The summed E-state index contributed by atoms with van der Waals surface area (Å²) in [6, 6.07) is 13.8. The van der Waals surface area contributed by atoms with Gasteiger partial charge in [0.05, 0.1) is 5.71 Å². The van der Waals surface area contributed by atoms with E-state index in [2.05, 4.69) is 52.1 Å². The molecule has 0 atom stereocenters. The Morgan fingerprint density at radius 2 is 1.48 bits per heavy atom. The van der Waals surface area contributed by atoms with Gasteiger partial charge in [0, 0.05) is 6.42 Å². The molecule has 0 heterocycles. The average molecular weight is 395 g/mol. The molecule has 4 nitrogen and oxygen atoms in total. The zero-order chi connectivity index (χ0) is 21.8. The summed E-state index contributed by atoms with van der Waals surface area (Å²) >= 11 is 0. The zero-order valence-corrected chi connectivity index (χ0v) is 18.8. The molecular weight excluding hydrogens is 360 g/mol. The van der Waals surface area contributed by atoms with Gasteiger partial charge in [0.2, 0.25) is 5.91 Å². The second-order valence-electron chi connectivity index (χ2n) is 9.64. The molecule has 0 saturated carbocycles. The van der Waals surface area contributed by atoms with Gasteiger partial charge in [-0.1, -0.05) is 84.0 Å². The largest absolute Gasteiger partial charge is 0.507 e. The van der Waals surface area contributed by atoms with Gasteiger partial charge in [0.15, 0.2) is 0 Å². The quantitative estimate of drug-likeness (QED) is 0.522. The van der Waals surface area contributed by atoms with Gasteiger partial charge in [-0.15, -0.1) is 0 Å². The fourth-order valence-corrected chi connectivity index (χ4v) is 3.19. The van der Waals surface area contributed by atoms with E-state index in [0.717, 1.165) is 28.0 Å². The highest BCUT2D eigenvalue weighted by atomic mass is 16.3. The third-order valence-electron chi connectivity index (χ3n) is 4.97. The second kappa shape index (κ2) is 8.81. The Kier molecular flexibility index (Phi) is 6.89. The van der Waals surface area contributed by atoms with Crippen molar-refractivity contribution in [2.75, 3.05) is 0 Å². The normalized spacial score (nSPS) is 12.7. The summed E-state index contributed by atoms with van der Waals surface area (Å²) in [5.74, 6) is 0.240. The lowest BCUT2D eigenvalue weighted by Gasteiger charge is -2.28. The Morgan fingerprint density at radius 1 is 0.966 bits per heavy atom. The molecule has 0 spiro atoms. The molecule has 0 saturated heterocycles. The van der Waals surface area contributed by atoms with Gasteiger partial charge < -0.3 is 5.11 Å². The molecule has 0 fully saturated rings. The van der Waals surface area contributed by atoms with E-state index in [4.69, 9.17) is 0 Å². The molecule has 0 radical (unpaired) electrons. The van der Waals surface area contributed by atoms with Gasteiger partial charge in [-0.2, -0.15) is 5.10 Å². The van der Waals surface area contributed by atoms with Crippen LogP contribution in [-0.2, 0) is 22.0 Å². The maximum atomic E-state index is 12.3. The smallest absolute Gasteiger partial charge is 0.240 e. The van der Waals surface area contributed by atoms with E-state index >= 15 is 0 Å². The first kappa shape index (κ1) is 22.7. The van der Waals surface area contributed by atoms with Crippen LogP contribution in [0, 0.1) is 0 Å². The molecule has 0 aliphatic heterocycles. The first-order chi connectivity index (χ1) is 13.4. The monoisotopic (exact) mass is 394 g/mol. The predicted molar refractivity (Wildman–Crippen MR) is 121 cm³/mol. The van der Waals surface area contributed by atoms with E-state index in [1.54, 1.807) is 0 Å². The summed E-state index contributed by atoms with van der Waals surface area (Å²) in [6.45, 7) is 14.4. The van der Waals surface area contributed by atoms with Crippen molar-refractivity contribution >= 4 is 11.6 Å². The minimum absolute atomic E-state index is 0.122. The molecule has 2 rings (SSSR count). The molecule has 2 N–H and O–H groups in total. The zero-order valence-electron chi connectivity index (χ0n) is 18.8. The van der Waals surface area contributed by atoms with E-state index in [1.807, 2.05) is 49.4 Å². The fourth-order valence-electron chi connectivity index (χ4n) is 3.19. The predicted octanol–water partition coefficient (Wildman–Crippen LogP) is 5.46. The molecule has 0 aromatic heterocycles. The SMILES string of the molecule is C/C(=N/NC(=O)CCc1cc(C(C)(C)C)c(O)c(C(C)(C)C)c1)c1ccccc1. The van der Waals surface area contributed by atoms with Crippen LogP contribution in [0.5, 0.6) is 5.75 Å². The highest BCUT2D eigenvalue weighted by Gasteiger charge is 2.26. The number of nitrogens with one attached hydrogen (secondary N) is 1.